The van der Waals surface area contributed by atoms with Gasteiger partial charge in [-0.05, 0) is 31.9 Å². The van der Waals surface area contributed by atoms with Crippen LogP contribution < -0.4 is 5.32 Å². The molecule has 1 heterocycles. The lowest BCUT2D eigenvalue weighted by Gasteiger charge is -2.04. The van der Waals surface area contributed by atoms with Gasteiger partial charge in [0.15, 0.2) is 0 Å². The maximum absolute atomic E-state index is 11.7. The molecule has 0 aliphatic rings. The number of carbonyl (C=O) groups is 1. The third-order valence-electron chi connectivity index (χ3n) is 2.47. The Balaban J connectivity index is 2.21. The van der Waals surface area contributed by atoms with Crippen molar-refractivity contribution in [2.45, 2.75) is 32.6 Å². The molecule has 0 saturated carbocycles. The molecule has 0 aliphatic heterocycles. The van der Waals surface area contributed by atoms with Crippen LogP contribution in [0.1, 0.15) is 41.9 Å². The van der Waals surface area contributed by atoms with Gasteiger partial charge in [0.2, 0.25) is 0 Å². The van der Waals surface area contributed by atoms with Gasteiger partial charge in [-0.15, -0.1) is 11.6 Å². The molecule has 0 bridgehead atoms. The smallest absolute Gasteiger partial charge is 0.269 e. The lowest BCUT2D eigenvalue weighted by molar-refractivity contribution is 0.0948. The number of aryl methyl sites for hydroxylation is 1. The zero-order chi connectivity index (χ0) is 12.5. The number of halogens is 1. The monoisotopic (exact) mass is 254 g/mol. The van der Waals surface area contributed by atoms with Crippen LogP contribution in [0.4, 0.5) is 0 Å². The molecule has 0 fully saturated rings. The number of nitrogens with zero attached hydrogens (tertiary/aromatic N) is 1. The van der Waals surface area contributed by atoms with Gasteiger partial charge in [-0.25, -0.2) is 4.98 Å². The van der Waals surface area contributed by atoms with Crippen molar-refractivity contribution < 1.29 is 4.79 Å². The Hall–Kier alpha value is -1.09. The van der Waals surface area contributed by atoms with Crippen molar-refractivity contribution in [3.63, 3.8) is 0 Å². The molecule has 1 rings (SSSR count). The summed E-state index contributed by atoms with van der Waals surface area (Å²) in [5.74, 6) is 0.630. The molecule has 94 valence electrons. The molecular formula is C13H19ClN2O. The van der Waals surface area contributed by atoms with Gasteiger partial charge in [0.1, 0.15) is 5.69 Å². The topological polar surface area (TPSA) is 42.0 Å². The van der Waals surface area contributed by atoms with E-state index < -0.39 is 0 Å². The fourth-order valence-electron chi connectivity index (χ4n) is 1.54. The number of alkyl halides is 1. The van der Waals surface area contributed by atoms with Crippen LogP contribution in [-0.4, -0.2) is 23.3 Å². The van der Waals surface area contributed by atoms with E-state index in [1.807, 2.05) is 19.1 Å². The number of pyridine rings is 1. The molecule has 17 heavy (non-hydrogen) atoms. The van der Waals surface area contributed by atoms with E-state index in [1.54, 1.807) is 6.07 Å². The van der Waals surface area contributed by atoms with E-state index in [0.717, 1.165) is 37.3 Å². The predicted molar refractivity (Wildman–Crippen MR) is 70.5 cm³/mol. The summed E-state index contributed by atoms with van der Waals surface area (Å²) in [5.41, 5.74) is 1.35. The van der Waals surface area contributed by atoms with Crippen molar-refractivity contribution in [3.05, 3.63) is 29.6 Å². The van der Waals surface area contributed by atoms with Crippen LogP contribution in [0.2, 0.25) is 0 Å². The second-order valence-electron chi connectivity index (χ2n) is 4.02. The van der Waals surface area contributed by atoms with Gasteiger partial charge in [0.25, 0.3) is 5.91 Å². The van der Waals surface area contributed by atoms with Crippen LogP contribution in [-0.2, 0) is 0 Å². The number of aromatic nitrogens is 1. The van der Waals surface area contributed by atoms with Gasteiger partial charge < -0.3 is 5.32 Å². The molecule has 1 aromatic rings. The molecule has 0 spiro atoms. The van der Waals surface area contributed by atoms with Crippen molar-refractivity contribution >= 4 is 17.5 Å². The third-order valence-corrected chi connectivity index (χ3v) is 2.73. The minimum Gasteiger partial charge on any atom is -0.351 e. The molecule has 0 unspecified atom stereocenters. The maximum atomic E-state index is 11.7. The molecule has 0 atom stereocenters. The van der Waals surface area contributed by atoms with E-state index in [4.69, 9.17) is 11.6 Å². The van der Waals surface area contributed by atoms with Crippen LogP contribution in [0.5, 0.6) is 0 Å². The normalized spacial score (nSPS) is 10.2. The van der Waals surface area contributed by atoms with E-state index in [-0.39, 0.29) is 5.91 Å². The molecule has 0 aromatic carbocycles. The summed E-state index contributed by atoms with van der Waals surface area (Å²) >= 11 is 5.58. The van der Waals surface area contributed by atoms with E-state index in [2.05, 4.69) is 10.3 Å². The second-order valence-corrected chi connectivity index (χ2v) is 4.40. The molecule has 3 nitrogen and oxygen atoms in total. The second kappa shape index (κ2) is 8.07. The molecule has 1 aromatic heterocycles. The highest BCUT2D eigenvalue weighted by atomic mass is 35.5. The van der Waals surface area contributed by atoms with Gasteiger partial charge in [0.05, 0.1) is 0 Å². The molecule has 0 saturated heterocycles. The Labute approximate surface area is 108 Å². The van der Waals surface area contributed by atoms with E-state index in [9.17, 15) is 4.79 Å². The fraction of sp³-hybridized carbons (Fsp3) is 0.538. The van der Waals surface area contributed by atoms with Gasteiger partial charge in [0, 0.05) is 18.1 Å². The first-order valence-electron chi connectivity index (χ1n) is 6.02. The minimum absolute atomic E-state index is 0.0916. The number of carbonyl (C=O) groups excluding carboxylic acids is 1. The van der Waals surface area contributed by atoms with Crippen molar-refractivity contribution in [1.82, 2.24) is 10.3 Å². The SMILES string of the molecule is Cc1cccc(C(=O)NCCCCCCCl)n1. The zero-order valence-electron chi connectivity index (χ0n) is 10.2. The summed E-state index contributed by atoms with van der Waals surface area (Å²) in [6, 6.07) is 5.45. The lowest BCUT2D eigenvalue weighted by Crippen LogP contribution is -2.25. The van der Waals surface area contributed by atoms with Crippen LogP contribution in [0, 0.1) is 6.92 Å². The standard InChI is InChI=1S/C13H19ClN2O/c1-11-7-6-8-12(16-11)13(17)15-10-5-3-2-4-9-14/h6-8H,2-5,9-10H2,1H3,(H,15,17). The highest BCUT2D eigenvalue weighted by molar-refractivity contribution is 6.17. The lowest BCUT2D eigenvalue weighted by atomic mass is 10.2. The Morgan fingerprint density at radius 2 is 2.06 bits per heavy atom. The zero-order valence-corrected chi connectivity index (χ0v) is 11.0. The Kier molecular flexibility index (Phi) is 6.63. The number of unbranched alkanes of at least 4 members (excludes halogenated alkanes) is 3. The first-order valence-corrected chi connectivity index (χ1v) is 6.55. The highest BCUT2D eigenvalue weighted by Crippen LogP contribution is 2.01. The summed E-state index contributed by atoms with van der Waals surface area (Å²) in [6.45, 7) is 2.58. The minimum atomic E-state index is -0.0916. The Morgan fingerprint density at radius 1 is 1.29 bits per heavy atom. The maximum Gasteiger partial charge on any atom is 0.269 e. The van der Waals surface area contributed by atoms with Crippen molar-refractivity contribution in [2.24, 2.45) is 0 Å². The van der Waals surface area contributed by atoms with Crippen molar-refractivity contribution in [3.8, 4) is 0 Å². The molecule has 4 heteroatoms. The number of rotatable bonds is 7. The quantitative estimate of drug-likeness (QED) is 0.601. The van der Waals surface area contributed by atoms with Crippen LogP contribution in [0.15, 0.2) is 18.2 Å². The van der Waals surface area contributed by atoms with Gasteiger partial charge in [-0.2, -0.15) is 0 Å². The predicted octanol–water partition coefficient (Wildman–Crippen LogP) is 2.92. The van der Waals surface area contributed by atoms with Gasteiger partial charge in [-0.1, -0.05) is 18.9 Å². The molecule has 0 radical (unpaired) electrons. The summed E-state index contributed by atoms with van der Waals surface area (Å²) in [7, 11) is 0. The average Bonchev–Trinajstić information content (AvgIpc) is 2.33. The van der Waals surface area contributed by atoms with Crippen molar-refractivity contribution in [2.75, 3.05) is 12.4 Å². The first-order chi connectivity index (χ1) is 8.24. The summed E-state index contributed by atoms with van der Waals surface area (Å²) in [6.07, 6.45) is 4.28. The van der Waals surface area contributed by atoms with Gasteiger partial charge >= 0.3 is 0 Å². The summed E-state index contributed by atoms with van der Waals surface area (Å²) < 4.78 is 0. The van der Waals surface area contributed by atoms with Crippen LogP contribution >= 0.6 is 11.6 Å². The molecule has 1 amide bonds. The number of amides is 1. The van der Waals surface area contributed by atoms with Crippen LogP contribution in [0.3, 0.4) is 0 Å². The van der Waals surface area contributed by atoms with Gasteiger partial charge in [-0.3, -0.25) is 4.79 Å². The average molecular weight is 255 g/mol. The number of nitrogens with one attached hydrogen (secondary N) is 1. The molecule has 0 aliphatic carbocycles. The van der Waals surface area contributed by atoms with Crippen molar-refractivity contribution in [1.29, 1.82) is 0 Å². The van der Waals surface area contributed by atoms with E-state index in [1.165, 1.54) is 0 Å². The van der Waals surface area contributed by atoms with E-state index in [0.29, 0.717) is 12.2 Å². The Morgan fingerprint density at radius 3 is 2.76 bits per heavy atom. The van der Waals surface area contributed by atoms with Crippen LogP contribution in [0.25, 0.3) is 0 Å². The Bertz CT molecular complexity index is 355. The first kappa shape index (κ1) is 14.0. The fourth-order valence-corrected chi connectivity index (χ4v) is 1.72. The summed E-state index contributed by atoms with van der Waals surface area (Å²) in [5, 5.41) is 2.87. The highest BCUT2D eigenvalue weighted by Gasteiger charge is 2.05. The largest absolute Gasteiger partial charge is 0.351 e. The summed E-state index contributed by atoms with van der Waals surface area (Å²) in [4.78, 5) is 15.9. The third kappa shape index (κ3) is 5.68. The molecule has 1 N–H and O–H groups in total. The van der Waals surface area contributed by atoms with E-state index >= 15 is 0 Å². The number of hydrogen-bond donors (Lipinski definition) is 1. The number of hydrogen-bond acceptors (Lipinski definition) is 2. The molecular weight excluding hydrogens is 236 g/mol.